The number of rotatable bonds is 9. The van der Waals surface area contributed by atoms with E-state index in [1.807, 2.05) is 18.2 Å². The molecule has 1 aromatic carbocycles. The molecule has 3 nitrogen and oxygen atoms in total. The van der Waals surface area contributed by atoms with Gasteiger partial charge < -0.3 is 13.9 Å². The number of hydrogen-bond donors (Lipinski definition) is 0. The highest BCUT2D eigenvalue weighted by Gasteiger charge is 2.07. The van der Waals surface area contributed by atoms with Crippen LogP contribution in [0.3, 0.4) is 0 Å². The van der Waals surface area contributed by atoms with Gasteiger partial charge in [-0.3, -0.25) is 0 Å². The van der Waals surface area contributed by atoms with Crippen molar-refractivity contribution in [2.75, 3.05) is 6.61 Å². The van der Waals surface area contributed by atoms with Crippen LogP contribution in [0.5, 0.6) is 5.75 Å². The van der Waals surface area contributed by atoms with Gasteiger partial charge in [0.05, 0.1) is 6.61 Å². The van der Waals surface area contributed by atoms with E-state index < -0.39 is 8.60 Å². The van der Waals surface area contributed by atoms with Gasteiger partial charge in [-0.25, -0.2) is 0 Å². The van der Waals surface area contributed by atoms with Gasteiger partial charge in [-0.1, -0.05) is 51.3 Å². The van der Waals surface area contributed by atoms with Crippen LogP contribution in [0.1, 0.15) is 39.5 Å². The van der Waals surface area contributed by atoms with E-state index in [0.29, 0.717) is 18.3 Å². The normalized spacial score (nSPS) is 14.2. The Morgan fingerprint density at radius 3 is 2.56 bits per heavy atom. The summed E-state index contributed by atoms with van der Waals surface area (Å²) in [6.45, 7) is 4.82. The third-order valence-corrected chi connectivity index (χ3v) is 3.60. The van der Waals surface area contributed by atoms with E-state index in [1.54, 1.807) is 12.1 Å². The molecule has 1 aromatic rings. The minimum absolute atomic E-state index is 0.475. The molecule has 0 aromatic heterocycles. The number of hydrogen-bond acceptors (Lipinski definition) is 3. The lowest BCUT2D eigenvalue weighted by molar-refractivity contribution is -0.197. The molecule has 0 aliphatic heterocycles. The molecule has 0 aliphatic rings. The second kappa shape index (κ2) is 9.32. The number of unbranched alkanes of at least 4 members (excludes halogenated alkanes) is 1. The Morgan fingerprint density at radius 1 is 1.22 bits per heavy atom. The summed E-state index contributed by atoms with van der Waals surface area (Å²) in [5, 5.41) is 0. The van der Waals surface area contributed by atoms with Gasteiger partial charge in [-0.05, 0) is 24.5 Å². The lowest BCUT2D eigenvalue weighted by atomic mass is 10.0. The Morgan fingerprint density at radius 2 is 1.94 bits per heavy atom. The second-order valence-electron chi connectivity index (χ2n) is 4.34. The first kappa shape index (κ1) is 15.4. The van der Waals surface area contributed by atoms with Gasteiger partial charge in [0.25, 0.3) is 0 Å². The van der Waals surface area contributed by atoms with Crippen molar-refractivity contribution < 1.29 is 13.9 Å². The molecule has 0 spiro atoms. The standard InChI is InChI=1S/C14H22O3P/c1-3-5-9-13(4-2)12-16-18(15)17-14-10-7-6-8-11-14/h6-8,10-11,13H,3-5,9,12H2,1-2H3/q-1. The Hall–Kier alpha value is -0.630. The maximum Gasteiger partial charge on any atom is 0.147 e. The lowest BCUT2D eigenvalue weighted by Crippen LogP contribution is -2.12. The molecule has 0 aliphatic carbocycles. The molecule has 4 heteroatoms. The summed E-state index contributed by atoms with van der Waals surface area (Å²) in [4.78, 5) is 11.6. The molecule has 0 radical (unpaired) electrons. The van der Waals surface area contributed by atoms with Crippen LogP contribution in [0, 0.1) is 5.92 Å². The monoisotopic (exact) mass is 269 g/mol. The molecule has 102 valence electrons. The minimum Gasteiger partial charge on any atom is -0.776 e. The van der Waals surface area contributed by atoms with Crippen molar-refractivity contribution in [1.82, 2.24) is 0 Å². The van der Waals surface area contributed by atoms with Crippen LogP contribution in [-0.4, -0.2) is 6.61 Å². The predicted molar refractivity (Wildman–Crippen MR) is 73.2 cm³/mol. The van der Waals surface area contributed by atoms with Gasteiger partial charge in [-0.2, -0.15) is 0 Å². The molecule has 0 bridgehead atoms. The van der Waals surface area contributed by atoms with Crippen molar-refractivity contribution in [3.8, 4) is 5.75 Å². The number of para-hydroxylation sites is 1. The molecule has 0 fully saturated rings. The first-order valence-corrected chi connectivity index (χ1v) is 7.69. The molecule has 0 N–H and O–H groups in total. The van der Waals surface area contributed by atoms with Crippen LogP contribution >= 0.6 is 8.60 Å². The van der Waals surface area contributed by atoms with Crippen LogP contribution in [0.25, 0.3) is 0 Å². The van der Waals surface area contributed by atoms with E-state index >= 15 is 0 Å². The fourth-order valence-electron chi connectivity index (χ4n) is 1.66. The maximum absolute atomic E-state index is 11.6. The van der Waals surface area contributed by atoms with E-state index in [0.717, 1.165) is 12.8 Å². The zero-order valence-electron chi connectivity index (χ0n) is 11.2. The summed E-state index contributed by atoms with van der Waals surface area (Å²) in [6.07, 6.45) is 4.55. The Kier molecular flexibility index (Phi) is 7.99. The SMILES string of the molecule is CCCCC(CC)COP([O-])Oc1ccccc1. The van der Waals surface area contributed by atoms with Gasteiger partial charge in [0.1, 0.15) is 14.4 Å². The molecule has 2 atom stereocenters. The van der Waals surface area contributed by atoms with E-state index in [1.165, 1.54) is 12.8 Å². The summed E-state index contributed by atoms with van der Waals surface area (Å²) < 4.78 is 10.5. The average Bonchev–Trinajstić information content (AvgIpc) is 2.40. The fraction of sp³-hybridized carbons (Fsp3) is 0.571. The highest BCUT2D eigenvalue weighted by Crippen LogP contribution is 2.32. The van der Waals surface area contributed by atoms with E-state index in [-0.39, 0.29) is 0 Å². The predicted octanol–water partition coefficient (Wildman–Crippen LogP) is 3.89. The Labute approximate surface area is 111 Å². The van der Waals surface area contributed by atoms with Crippen LogP contribution in [0.15, 0.2) is 30.3 Å². The molecule has 0 amide bonds. The summed E-state index contributed by atoms with van der Waals surface area (Å²) in [6, 6.07) is 9.11. The Balaban J connectivity index is 2.25. The molecule has 0 saturated carbocycles. The highest BCUT2D eigenvalue weighted by molar-refractivity contribution is 7.39. The molecular weight excluding hydrogens is 247 g/mol. The number of benzene rings is 1. The Bertz CT molecular complexity index is 305. The lowest BCUT2D eigenvalue weighted by Gasteiger charge is -2.25. The first-order chi connectivity index (χ1) is 8.76. The maximum atomic E-state index is 11.6. The fourth-order valence-corrected chi connectivity index (χ4v) is 2.34. The van der Waals surface area contributed by atoms with Gasteiger partial charge in [0.15, 0.2) is 0 Å². The first-order valence-electron chi connectivity index (χ1n) is 6.59. The molecular formula is C14H22O3P-. The zero-order valence-corrected chi connectivity index (χ0v) is 12.1. The smallest absolute Gasteiger partial charge is 0.147 e. The highest BCUT2D eigenvalue weighted by atomic mass is 31.2. The largest absolute Gasteiger partial charge is 0.776 e. The van der Waals surface area contributed by atoms with Crippen LogP contribution in [-0.2, 0) is 4.52 Å². The van der Waals surface area contributed by atoms with Crippen molar-refractivity contribution >= 4 is 8.60 Å². The molecule has 0 saturated heterocycles. The average molecular weight is 269 g/mol. The minimum atomic E-state index is -2.06. The van der Waals surface area contributed by atoms with Crippen LogP contribution < -0.4 is 9.42 Å². The topological polar surface area (TPSA) is 41.5 Å². The van der Waals surface area contributed by atoms with Crippen LogP contribution in [0.4, 0.5) is 0 Å². The van der Waals surface area contributed by atoms with Crippen molar-refractivity contribution in [2.24, 2.45) is 5.92 Å². The van der Waals surface area contributed by atoms with Gasteiger partial charge in [-0.15, -0.1) is 0 Å². The van der Waals surface area contributed by atoms with E-state index in [4.69, 9.17) is 9.05 Å². The third-order valence-electron chi connectivity index (χ3n) is 2.88. The summed E-state index contributed by atoms with van der Waals surface area (Å²) in [7, 11) is -2.06. The van der Waals surface area contributed by atoms with Crippen molar-refractivity contribution in [3.63, 3.8) is 0 Å². The summed E-state index contributed by atoms with van der Waals surface area (Å²) in [5.74, 6) is 1.06. The summed E-state index contributed by atoms with van der Waals surface area (Å²) >= 11 is 0. The van der Waals surface area contributed by atoms with Gasteiger partial charge >= 0.3 is 0 Å². The van der Waals surface area contributed by atoms with Crippen molar-refractivity contribution in [1.29, 1.82) is 0 Å². The molecule has 1 rings (SSSR count). The van der Waals surface area contributed by atoms with Crippen molar-refractivity contribution in [2.45, 2.75) is 39.5 Å². The quantitative estimate of drug-likeness (QED) is 0.639. The third kappa shape index (κ3) is 6.34. The molecule has 2 unspecified atom stereocenters. The van der Waals surface area contributed by atoms with Gasteiger partial charge in [0, 0.05) is 0 Å². The second-order valence-corrected chi connectivity index (χ2v) is 5.23. The van der Waals surface area contributed by atoms with E-state index in [2.05, 4.69) is 13.8 Å². The zero-order chi connectivity index (χ0) is 13.2. The van der Waals surface area contributed by atoms with E-state index in [9.17, 15) is 4.89 Å². The van der Waals surface area contributed by atoms with Crippen molar-refractivity contribution in [3.05, 3.63) is 30.3 Å². The van der Waals surface area contributed by atoms with Gasteiger partial charge in [0.2, 0.25) is 0 Å². The molecule has 18 heavy (non-hydrogen) atoms. The van der Waals surface area contributed by atoms with Crippen LogP contribution in [0.2, 0.25) is 0 Å². The molecule has 0 heterocycles. The summed E-state index contributed by atoms with van der Waals surface area (Å²) in [5.41, 5.74) is 0.